The van der Waals surface area contributed by atoms with E-state index >= 15 is 0 Å². The van der Waals surface area contributed by atoms with Crippen LogP contribution in [0, 0.1) is 0 Å². The Morgan fingerprint density at radius 3 is 2.00 bits per heavy atom. The zero-order chi connectivity index (χ0) is 13.3. The second-order valence-electron chi connectivity index (χ2n) is 4.75. The van der Waals surface area contributed by atoms with Crippen LogP contribution in [-0.2, 0) is 4.79 Å². The summed E-state index contributed by atoms with van der Waals surface area (Å²) in [6.07, 6.45) is 7.15. The van der Waals surface area contributed by atoms with Crippen LogP contribution < -0.4 is 0 Å². The zero-order valence-electron chi connectivity index (χ0n) is 11.2. The fraction of sp³-hybridized carbons (Fsp3) is 0.500. The van der Waals surface area contributed by atoms with Crippen molar-refractivity contribution in [2.75, 3.05) is 33.7 Å². The molecule has 0 aromatic rings. The van der Waals surface area contributed by atoms with Gasteiger partial charge in [-0.1, -0.05) is 19.7 Å². The second-order valence-corrected chi connectivity index (χ2v) is 4.75. The molecule has 0 atom stereocenters. The Bertz CT molecular complexity index is 270. The van der Waals surface area contributed by atoms with Gasteiger partial charge in [0.25, 0.3) is 0 Å². The number of hydrogen-bond acceptors (Lipinski definition) is 1. The van der Waals surface area contributed by atoms with Crippen molar-refractivity contribution < 1.29 is 9.28 Å². The molecule has 0 aliphatic carbocycles. The van der Waals surface area contributed by atoms with Gasteiger partial charge in [0.15, 0.2) is 0 Å². The smallest absolute Gasteiger partial charge is 0.226 e. The number of amides is 1. The number of carbonyl (C=O) groups excluding carboxylic acids is 1. The lowest BCUT2D eigenvalue weighted by atomic mass is 10.4. The third-order valence-electron chi connectivity index (χ3n) is 2.58. The summed E-state index contributed by atoms with van der Waals surface area (Å²) >= 11 is 0. The van der Waals surface area contributed by atoms with Gasteiger partial charge in [-0.05, 0) is 24.8 Å². The Morgan fingerprint density at radius 2 is 1.76 bits per heavy atom. The molecule has 1 saturated heterocycles. The van der Waals surface area contributed by atoms with Gasteiger partial charge in [-0.3, -0.25) is 4.79 Å². The molecule has 0 unspecified atom stereocenters. The zero-order valence-corrected chi connectivity index (χ0v) is 11.2. The molecule has 0 radical (unpaired) electrons. The standard InChI is InChI=1S/C8H16N.C6H9NO/c1-5-7-9(3,4)8-6-2;1-2-7-5-3-4-6(7)8/h5-6H,1-2,7-8H2,3-4H3;2H,1,3-5H2/q+1;. The van der Waals surface area contributed by atoms with Gasteiger partial charge < -0.3 is 9.38 Å². The average molecular weight is 237 g/mol. The predicted molar refractivity (Wildman–Crippen MR) is 73.4 cm³/mol. The highest BCUT2D eigenvalue weighted by Gasteiger charge is 2.16. The highest BCUT2D eigenvalue weighted by atomic mass is 16.2. The van der Waals surface area contributed by atoms with Gasteiger partial charge in [0.2, 0.25) is 5.91 Å². The number of rotatable bonds is 5. The van der Waals surface area contributed by atoms with Crippen LogP contribution in [0.2, 0.25) is 0 Å². The predicted octanol–water partition coefficient (Wildman–Crippen LogP) is 2.19. The van der Waals surface area contributed by atoms with E-state index in [0.717, 1.165) is 30.5 Å². The Hall–Kier alpha value is -1.35. The molecule has 1 aliphatic rings. The van der Waals surface area contributed by atoms with E-state index in [0.29, 0.717) is 6.42 Å². The molecule has 1 fully saturated rings. The van der Waals surface area contributed by atoms with Crippen LogP contribution >= 0.6 is 0 Å². The van der Waals surface area contributed by atoms with Gasteiger partial charge in [-0.15, -0.1) is 0 Å². The van der Waals surface area contributed by atoms with Crippen LogP contribution in [0.4, 0.5) is 0 Å². The molecule has 0 saturated carbocycles. The van der Waals surface area contributed by atoms with E-state index in [4.69, 9.17) is 0 Å². The van der Waals surface area contributed by atoms with E-state index in [9.17, 15) is 4.79 Å². The summed E-state index contributed by atoms with van der Waals surface area (Å²) in [5.41, 5.74) is 0. The number of hydrogen-bond donors (Lipinski definition) is 0. The van der Waals surface area contributed by atoms with Gasteiger partial charge in [0.05, 0.1) is 27.2 Å². The van der Waals surface area contributed by atoms with Crippen LogP contribution in [0.5, 0.6) is 0 Å². The van der Waals surface area contributed by atoms with Crippen LogP contribution in [0.3, 0.4) is 0 Å². The van der Waals surface area contributed by atoms with Crippen molar-refractivity contribution >= 4 is 5.91 Å². The summed E-state index contributed by atoms with van der Waals surface area (Å²) in [6.45, 7) is 13.7. The molecule has 1 amide bonds. The van der Waals surface area contributed by atoms with Gasteiger partial charge in [0, 0.05) is 13.0 Å². The van der Waals surface area contributed by atoms with Crippen molar-refractivity contribution in [3.63, 3.8) is 0 Å². The number of quaternary nitrogens is 1. The van der Waals surface area contributed by atoms with Gasteiger partial charge in [-0.25, -0.2) is 0 Å². The highest BCUT2D eigenvalue weighted by Crippen LogP contribution is 2.08. The molecule has 3 heteroatoms. The second kappa shape index (κ2) is 7.85. The molecule has 96 valence electrons. The summed E-state index contributed by atoms with van der Waals surface area (Å²) < 4.78 is 0.951. The van der Waals surface area contributed by atoms with Crippen LogP contribution in [0.15, 0.2) is 38.1 Å². The van der Waals surface area contributed by atoms with Crippen LogP contribution in [0.25, 0.3) is 0 Å². The summed E-state index contributed by atoms with van der Waals surface area (Å²) in [6, 6.07) is 0. The summed E-state index contributed by atoms with van der Waals surface area (Å²) in [5, 5.41) is 0. The largest absolute Gasteiger partial charge is 0.322 e. The minimum absolute atomic E-state index is 0.208. The fourth-order valence-electron chi connectivity index (χ4n) is 1.64. The number of nitrogens with zero attached hydrogens (tertiary/aromatic N) is 2. The molecule has 1 rings (SSSR count). The lowest BCUT2D eigenvalue weighted by Gasteiger charge is -2.26. The molecule has 0 aromatic carbocycles. The topological polar surface area (TPSA) is 20.3 Å². The van der Waals surface area contributed by atoms with E-state index < -0.39 is 0 Å². The first kappa shape index (κ1) is 15.7. The summed E-state index contributed by atoms with van der Waals surface area (Å²) in [5.74, 6) is 0.208. The van der Waals surface area contributed by atoms with Crippen molar-refractivity contribution in [2.24, 2.45) is 0 Å². The lowest BCUT2D eigenvalue weighted by molar-refractivity contribution is -0.878. The monoisotopic (exact) mass is 237 g/mol. The number of likely N-dealkylation sites (tertiary alicyclic amines) is 1. The molecule has 0 N–H and O–H groups in total. The van der Waals surface area contributed by atoms with Gasteiger partial charge >= 0.3 is 0 Å². The van der Waals surface area contributed by atoms with E-state index in [-0.39, 0.29) is 5.91 Å². The first-order valence-corrected chi connectivity index (χ1v) is 5.92. The van der Waals surface area contributed by atoms with E-state index in [2.05, 4.69) is 33.8 Å². The molecular formula is C14H25N2O+. The maximum absolute atomic E-state index is 10.7. The molecule has 3 nitrogen and oxygen atoms in total. The van der Waals surface area contributed by atoms with Crippen molar-refractivity contribution in [1.29, 1.82) is 0 Å². The Kier molecular flexibility index (Phi) is 7.22. The van der Waals surface area contributed by atoms with Crippen molar-refractivity contribution in [2.45, 2.75) is 12.8 Å². The van der Waals surface area contributed by atoms with Gasteiger partial charge in [0.1, 0.15) is 0 Å². The number of likely N-dealkylation sites (N-methyl/N-ethyl adjacent to an activating group) is 1. The maximum atomic E-state index is 10.7. The van der Waals surface area contributed by atoms with Crippen LogP contribution in [0.1, 0.15) is 12.8 Å². The molecule has 0 aromatic heterocycles. The third-order valence-corrected chi connectivity index (χ3v) is 2.58. The fourth-order valence-corrected chi connectivity index (χ4v) is 1.64. The van der Waals surface area contributed by atoms with Crippen LogP contribution in [-0.4, -0.2) is 49.0 Å². The molecule has 1 heterocycles. The first-order chi connectivity index (χ1) is 7.96. The minimum atomic E-state index is 0.208. The normalized spacial score (nSPS) is 14.9. The molecular weight excluding hydrogens is 212 g/mol. The molecule has 17 heavy (non-hydrogen) atoms. The minimum Gasteiger partial charge on any atom is -0.322 e. The first-order valence-electron chi connectivity index (χ1n) is 5.92. The Balaban J connectivity index is 0.000000302. The Morgan fingerprint density at radius 1 is 1.24 bits per heavy atom. The summed E-state index contributed by atoms with van der Waals surface area (Å²) in [7, 11) is 4.31. The third kappa shape index (κ3) is 6.74. The molecule has 0 spiro atoms. The van der Waals surface area contributed by atoms with E-state index in [1.165, 1.54) is 0 Å². The van der Waals surface area contributed by atoms with E-state index in [1.54, 1.807) is 11.1 Å². The average Bonchev–Trinajstić information content (AvgIpc) is 2.64. The van der Waals surface area contributed by atoms with Crippen molar-refractivity contribution in [3.05, 3.63) is 38.1 Å². The SMILES string of the molecule is C=CC[N+](C)(C)CC=C.C=CN1CCCC1=O. The Labute approximate surface area is 105 Å². The summed E-state index contributed by atoms with van der Waals surface area (Å²) in [4.78, 5) is 12.3. The van der Waals surface area contributed by atoms with Crippen molar-refractivity contribution in [3.8, 4) is 0 Å². The molecule has 0 bridgehead atoms. The van der Waals surface area contributed by atoms with Crippen molar-refractivity contribution in [1.82, 2.24) is 4.90 Å². The van der Waals surface area contributed by atoms with E-state index in [1.807, 2.05) is 12.2 Å². The highest BCUT2D eigenvalue weighted by molar-refractivity contribution is 5.78. The molecule has 1 aliphatic heterocycles. The lowest BCUT2D eigenvalue weighted by Crippen LogP contribution is -2.39. The number of carbonyl (C=O) groups is 1. The quantitative estimate of drug-likeness (QED) is 0.530. The maximum Gasteiger partial charge on any atom is 0.226 e. The van der Waals surface area contributed by atoms with Gasteiger partial charge in [-0.2, -0.15) is 0 Å².